The van der Waals surface area contributed by atoms with Crippen LogP contribution in [0.25, 0.3) is 10.9 Å². The van der Waals surface area contributed by atoms with Gasteiger partial charge >= 0.3 is 5.97 Å². The Bertz CT molecular complexity index is 793. The Morgan fingerprint density at radius 3 is 2.81 bits per heavy atom. The van der Waals surface area contributed by atoms with Crippen molar-refractivity contribution in [1.82, 2.24) is 15.2 Å². The molecule has 3 rings (SSSR count). The van der Waals surface area contributed by atoms with Crippen LogP contribution >= 0.6 is 0 Å². The smallest absolute Gasteiger partial charge is 0.317 e. The molecule has 1 aromatic heterocycles. The maximum atomic E-state index is 12.2. The third-order valence-electron chi connectivity index (χ3n) is 5.28. The first-order chi connectivity index (χ1) is 12.5. The Hall–Kier alpha value is -2.34. The van der Waals surface area contributed by atoms with E-state index in [4.69, 9.17) is 5.11 Å². The molecule has 0 bridgehead atoms. The minimum atomic E-state index is -0.798. The van der Waals surface area contributed by atoms with Crippen LogP contribution < -0.4 is 5.32 Å². The van der Waals surface area contributed by atoms with Crippen LogP contribution in [0.3, 0.4) is 0 Å². The largest absolute Gasteiger partial charge is 0.480 e. The van der Waals surface area contributed by atoms with Gasteiger partial charge in [-0.1, -0.05) is 18.6 Å². The lowest BCUT2D eigenvalue weighted by Gasteiger charge is -2.42. The van der Waals surface area contributed by atoms with Crippen LogP contribution in [0.1, 0.15) is 37.3 Å². The predicted molar refractivity (Wildman–Crippen MR) is 101 cm³/mol. The highest BCUT2D eigenvalue weighted by Crippen LogP contribution is 2.26. The zero-order valence-electron chi connectivity index (χ0n) is 15.4. The summed E-state index contributed by atoms with van der Waals surface area (Å²) in [5.74, 6) is -0.731. The molecule has 0 unspecified atom stereocenters. The molecule has 0 saturated heterocycles. The van der Waals surface area contributed by atoms with Gasteiger partial charge in [0, 0.05) is 35.6 Å². The number of benzene rings is 1. The summed E-state index contributed by atoms with van der Waals surface area (Å²) in [6, 6.07) is 6.72. The number of aromatic amines is 1. The molecule has 140 valence electrons. The van der Waals surface area contributed by atoms with Gasteiger partial charge in [-0.15, -0.1) is 0 Å². The molecule has 0 radical (unpaired) electrons. The number of carbonyl (C=O) groups is 2. The number of hydrogen-bond donors (Lipinski definition) is 3. The highest BCUT2D eigenvalue weighted by atomic mass is 16.4. The average molecular weight is 357 g/mol. The average Bonchev–Trinajstić information content (AvgIpc) is 2.96. The van der Waals surface area contributed by atoms with Gasteiger partial charge in [-0.25, -0.2) is 0 Å². The van der Waals surface area contributed by atoms with E-state index < -0.39 is 5.97 Å². The monoisotopic (exact) mass is 357 g/mol. The van der Waals surface area contributed by atoms with E-state index in [1.807, 2.05) is 18.0 Å². The van der Waals surface area contributed by atoms with Crippen molar-refractivity contribution in [2.75, 3.05) is 13.1 Å². The molecule has 1 heterocycles. The van der Waals surface area contributed by atoms with Crippen molar-refractivity contribution < 1.29 is 14.7 Å². The van der Waals surface area contributed by atoms with Crippen LogP contribution in [-0.4, -0.2) is 52.0 Å². The summed E-state index contributed by atoms with van der Waals surface area (Å²) >= 11 is 0. The van der Waals surface area contributed by atoms with E-state index in [1.54, 1.807) is 0 Å². The minimum Gasteiger partial charge on any atom is -0.480 e. The fourth-order valence-corrected chi connectivity index (χ4v) is 3.72. The number of aryl methyl sites for hydroxylation is 2. The number of amides is 1. The minimum absolute atomic E-state index is 0.0664. The fourth-order valence-electron chi connectivity index (χ4n) is 3.72. The first-order valence-electron chi connectivity index (χ1n) is 9.28. The summed E-state index contributed by atoms with van der Waals surface area (Å²) in [5.41, 5.74) is 3.49. The van der Waals surface area contributed by atoms with Gasteiger partial charge in [0.15, 0.2) is 0 Å². The number of rotatable bonds is 8. The highest BCUT2D eigenvalue weighted by Gasteiger charge is 2.34. The summed E-state index contributed by atoms with van der Waals surface area (Å²) in [7, 11) is 0. The molecule has 1 fully saturated rings. The number of hydrogen-bond acceptors (Lipinski definition) is 3. The Labute approximate surface area is 153 Å². The molecule has 0 spiro atoms. The molecule has 26 heavy (non-hydrogen) atoms. The zero-order chi connectivity index (χ0) is 18.7. The molecule has 1 saturated carbocycles. The number of carboxylic acids is 1. The number of H-pyrrole nitrogens is 1. The SMILES string of the molecule is CCN(CC(=O)O)C1CC(NC(=O)CCc2c[nH]c3ccc(C)cc23)C1. The van der Waals surface area contributed by atoms with E-state index in [0.717, 1.165) is 24.9 Å². The Morgan fingerprint density at radius 2 is 2.12 bits per heavy atom. The first kappa shape index (κ1) is 18.5. The van der Waals surface area contributed by atoms with E-state index in [2.05, 4.69) is 35.4 Å². The van der Waals surface area contributed by atoms with E-state index in [-0.39, 0.29) is 24.5 Å². The third kappa shape index (κ3) is 4.25. The molecule has 3 N–H and O–H groups in total. The number of likely N-dealkylation sites (N-methyl/N-ethyl adjacent to an activating group) is 1. The van der Waals surface area contributed by atoms with Gasteiger partial charge in [0.05, 0.1) is 6.54 Å². The van der Waals surface area contributed by atoms with Gasteiger partial charge in [0.1, 0.15) is 0 Å². The summed E-state index contributed by atoms with van der Waals surface area (Å²) < 4.78 is 0. The number of fused-ring (bicyclic) bond motifs is 1. The number of aliphatic carboxylic acids is 1. The lowest BCUT2D eigenvalue weighted by atomic mass is 9.85. The van der Waals surface area contributed by atoms with E-state index in [9.17, 15) is 9.59 Å². The highest BCUT2D eigenvalue weighted by molar-refractivity contribution is 5.85. The normalized spacial score (nSPS) is 19.5. The quantitative estimate of drug-likeness (QED) is 0.677. The maximum Gasteiger partial charge on any atom is 0.317 e. The predicted octanol–water partition coefficient (Wildman–Crippen LogP) is 2.46. The summed E-state index contributed by atoms with van der Waals surface area (Å²) in [5, 5.41) is 13.2. The molecule has 6 nitrogen and oxygen atoms in total. The van der Waals surface area contributed by atoms with Crippen LogP contribution in [0.2, 0.25) is 0 Å². The summed E-state index contributed by atoms with van der Waals surface area (Å²) in [6.07, 6.45) is 4.83. The number of carbonyl (C=O) groups excluding carboxylic acids is 1. The van der Waals surface area contributed by atoms with Gasteiger partial charge in [0.25, 0.3) is 0 Å². The van der Waals surface area contributed by atoms with Crippen molar-refractivity contribution in [2.24, 2.45) is 0 Å². The molecular formula is C20H27N3O3. The second-order valence-corrected chi connectivity index (χ2v) is 7.21. The van der Waals surface area contributed by atoms with Gasteiger partial charge in [-0.05, 0) is 50.4 Å². The zero-order valence-corrected chi connectivity index (χ0v) is 15.4. The van der Waals surface area contributed by atoms with Crippen molar-refractivity contribution in [1.29, 1.82) is 0 Å². The lowest BCUT2D eigenvalue weighted by Crippen LogP contribution is -2.54. The lowest BCUT2D eigenvalue weighted by molar-refractivity contribution is -0.139. The second-order valence-electron chi connectivity index (χ2n) is 7.21. The molecular weight excluding hydrogens is 330 g/mol. The second kappa shape index (κ2) is 7.91. The van der Waals surface area contributed by atoms with Crippen molar-refractivity contribution in [3.63, 3.8) is 0 Å². The molecule has 1 amide bonds. The van der Waals surface area contributed by atoms with Crippen molar-refractivity contribution in [3.8, 4) is 0 Å². The molecule has 0 atom stereocenters. The number of nitrogens with zero attached hydrogens (tertiary/aromatic N) is 1. The standard InChI is InChI=1S/C20H27N3O3/c1-3-23(12-20(25)26)16-9-15(10-16)22-19(24)7-5-14-11-21-18-6-4-13(2)8-17(14)18/h4,6,8,11,15-16,21H,3,5,7,9-10,12H2,1-2H3,(H,22,24)(H,25,26). The Balaban J connectivity index is 1.45. The molecule has 0 aliphatic heterocycles. The number of nitrogens with one attached hydrogen (secondary N) is 2. The van der Waals surface area contributed by atoms with Crippen molar-refractivity contribution >= 4 is 22.8 Å². The summed E-state index contributed by atoms with van der Waals surface area (Å²) in [4.78, 5) is 28.3. The van der Waals surface area contributed by atoms with E-state index in [0.29, 0.717) is 12.8 Å². The van der Waals surface area contributed by atoms with Crippen molar-refractivity contribution in [3.05, 3.63) is 35.5 Å². The van der Waals surface area contributed by atoms with Gasteiger partial charge < -0.3 is 15.4 Å². The summed E-state index contributed by atoms with van der Waals surface area (Å²) in [6.45, 7) is 4.83. The molecule has 2 aromatic rings. The number of aromatic nitrogens is 1. The first-order valence-corrected chi connectivity index (χ1v) is 9.28. The van der Waals surface area contributed by atoms with Gasteiger partial charge in [-0.2, -0.15) is 0 Å². The maximum absolute atomic E-state index is 12.2. The van der Waals surface area contributed by atoms with Gasteiger partial charge in [-0.3, -0.25) is 14.5 Å². The van der Waals surface area contributed by atoms with Crippen LogP contribution in [0.5, 0.6) is 0 Å². The number of carboxylic acid groups (broad SMARTS) is 1. The van der Waals surface area contributed by atoms with E-state index in [1.165, 1.54) is 16.5 Å². The van der Waals surface area contributed by atoms with Crippen LogP contribution in [0.4, 0.5) is 0 Å². The van der Waals surface area contributed by atoms with Crippen LogP contribution in [-0.2, 0) is 16.0 Å². The van der Waals surface area contributed by atoms with Crippen molar-refractivity contribution in [2.45, 2.75) is 51.6 Å². The molecule has 1 aliphatic carbocycles. The topological polar surface area (TPSA) is 85.4 Å². The third-order valence-corrected chi connectivity index (χ3v) is 5.28. The Morgan fingerprint density at radius 1 is 1.35 bits per heavy atom. The van der Waals surface area contributed by atoms with Crippen LogP contribution in [0, 0.1) is 6.92 Å². The van der Waals surface area contributed by atoms with Crippen LogP contribution in [0.15, 0.2) is 24.4 Å². The van der Waals surface area contributed by atoms with Gasteiger partial charge in [0.2, 0.25) is 5.91 Å². The van der Waals surface area contributed by atoms with E-state index >= 15 is 0 Å². The molecule has 1 aromatic carbocycles. The fraction of sp³-hybridized carbons (Fsp3) is 0.500. The molecule has 1 aliphatic rings. The Kier molecular flexibility index (Phi) is 5.61. The molecule has 6 heteroatoms.